The fourth-order valence-electron chi connectivity index (χ4n) is 4.47. The van der Waals surface area contributed by atoms with E-state index in [0.29, 0.717) is 19.5 Å². The van der Waals surface area contributed by atoms with E-state index < -0.39 is 0 Å². The van der Waals surface area contributed by atoms with Gasteiger partial charge in [0.05, 0.1) is 6.42 Å². The fourth-order valence-corrected chi connectivity index (χ4v) is 4.47. The predicted octanol–water partition coefficient (Wildman–Crippen LogP) is 4.30. The second-order valence-corrected chi connectivity index (χ2v) is 8.65. The van der Waals surface area contributed by atoms with E-state index >= 15 is 0 Å². The first-order valence-corrected chi connectivity index (χ1v) is 12.1. The van der Waals surface area contributed by atoms with Crippen molar-refractivity contribution >= 4 is 11.8 Å². The number of hydrogen-bond donors (Lipinski definition) is 2. The molecule has 3 N–H and O–H groups in total. The highest BCUT2D eigenvalue weighted by Crippen LogP contribution is 2.25. The number of benzene rings is 2. The molecule has 1 aliphatic heterocycles. The quantitative estimate of drug-likeness (QED) is 0.517. The average molecular weight is 436 g/mol. The zero-order valence-corrected chi connectivity index (χ0v) is 19.1. The van der Waals surface area contributed by atoms with E-state index in [2.05, 4.69) is 23.5 Å². The van der Waals surface area contributed by atoms with Crippen LogP contribution in [0.2, 0.25) is 0 Å². The number of unbranched alkanes of at least 4 members (excludes halogenated alkanes) is 4. The lowest BCUT2D eigenvalue weighted by Gasteiger charge is -2.35. The van der Waals surface area contributed by atoms with E-state index in [1.165, 1.54) is 0 Å². The number of carbonyl (C=O) groups is 2. The highest BCUT2D eigenvalue weighted by atomic mass is 16.2. The Hall–Kier alpha value is -2.66. The van der Waals surface area contributed by atoms with Crippen LogP contribution in [0.15, 0.2) is 54.6 Å². The summed E-state index contributed by atoms with van der Waals surface area (Å²) < 4.78 is 0. The molecule has 172 valence electrons. The van der Waals surface area contributed by atoms with Crippen molar-refractivity contribution in [3.05, 3.63) is 60.2 Å². The molecule has 0 bridgehead atoms. The average Bonchev–Trinajstić information content (AvgIpc) is 2.84. The third kappa shape index (κ3) is 6.92. The number of hydrogen-bond acceptors (Lipinski definition) is 3. The maximum atomic E-state index is 13.3. The minimum atomic E-state index is -0.350. The lowest BCUT2D eigenvalue weighted by molar-refractivity contribution is -0.141. The first kappa shape index (κ1) is 24.0. The Labute approximate surface area is 192 Å². The van der Waals surface area contributed by atoms with Crippen LogP contribution in [-0.2, 0) is 16.0 Å². The molecule has 0 aliphatic carbocycles. The minimum absolute atomic E-state index is 0.00338. The largest absolute Gasteiger partial charge is 0.354 e. The summed E-state index contributed by atoms with van der Waals surface area (Å²) in [5.41, 5.74) is 8.72. The molecule has 1 saturated heterocycles. The monoisotopic (exact) mass is 435 g/mol. The van der Waals surface area contributed by atoms with Crippen molar-refractivity contribution in [2.45, 2.75) is 63.8 Å². The van der Waals surface area contributed by atoms with Crippen molar-refractivity contribution in [2.75, 3.05) is 19.6 Å². The molecule has 0 saturated carbocycles. The summed E-state index contributed by atoms with van der Waals surface area (Å²) >= 11 is 0. The topological polar surface area (TPSA) is 75.4 Å². The molecule has 0 radical (unpaired) electrons. The van der Waals surface area contributed by atoms with Crippen molar-refractivity contribution in [3.63, 3.8) is 0 Å². The Morgan fingerprint density at radius 3 is 2.44 bits per heavy atom. The van der Waals surface area contributed by atoms with Gasteiger partial charge in [-0.2, -0.15) is 0 Å². The fraction of sp³-hybridized carbons (Fsp3) is 0.481. The van der Waals surface area contributed by atoms with Crippen LogP contribution in [0.3, 0.4) is 0 Å². The maximum absolute atomic E-state index is 13.3. The molecule has 1 fully saturated rings. The van der Waals surface area contributed by atoms with Gasteiger partial charge in [0.25, 0.3) is 0 Å². The van der Waals surface area contributed by atoms with Crippen LogP contribution in [0.1, 0.15) is 56.9 Å². The van der Waals surface area contributed by atoms with E-state index in [0.717, 1.165) is 74.6 Å². The van der Waals surface area contributed by atoms with Crippen molar-refractivity contribution in [1.29, 1.82) is 0 Å². The van der Waals surface area contributed by atoms with Crippen LogP contribution in [0.25, 0.3) is 11.1 Å². The summed E-state index contributed by atoms with van der Waals surface area (Å²) in [6, 6.07) is 17.9. The van der Waals surface area contributed by atoms with E-state index in [1.54, 1.807) is 0 Å². The van der Waals surface area contributed by atoms with Gasteiger partial charge in [-0.15, -0.1) is 0 Å². The van der Waals surface area contributed by atoms with Gasteiger partial charge in [0.2, 0.25) is 11.8 Å². The van der Waals surface area contributed by atoms with Gasteiger partial charge in [-0.1, -0.05) is 73.9 Å². The standard InChI is InChI=1S/C27H37N3O2/c28-18-10-2-1-3-11-19-29-27(32)25-17-9-12-20-30(25)26(31)21-23-15-7-8-16-24(23)22-13-5-4-6-14-22/h4-8,13-16,25H,1-3,9-12,17-21,28H2,(H,29,32). The normalized spacial score (nSPS) is 16.0. The van der Waals surface area contributed by atoms with Gasteiger partial charge in [0, 0.05) is 13.1 Å². The summed E-state index contributed by atoms with van der Waals surface area (Å²) in [5.74, 6) is 0.0337. The number of nitrogens with zero attached hydrogens (tertiary/aromatic N) is 1. The molecule has 3 rings (SSSR count). The van der Waals surface area contributed by atoms with E-state index in [1.807, 2.05) is 41.3 Å². The Morgan fingerprint density at radius 1 is 0.906 bits per heavy atom. The molecule has 5 nitrogen and oxygen atoms in total. The van der Waals surface area contributed by atoms with Gasteiger partial charge in [-0.05, 0) is 55.3 Å². The number of piperidine rings is 1. The number of carbonyl (C=O) groups excluding carboxylic acids is 2. The number of rotatable bonds is 11. The summed E-state index contributed by atoms with van der Waals surface area (Å²) in [5, 5.41) is 3.07. The summed E-state index contributed by atoms with van der Waals surface area (Å²) in [6.45, 7) is 2.08. The highest BCUT2D eigenvalue weighted by Gasteiger charge is 2.32. The molecule has 1 atom stereocenters. The van der Waals surface area contributed by atoms with Gasteiger partial charge in [-0.25, -0.2) is 0 Å². The summed E-state index contributed by atoms with van der Waals surface area (Å²) in [6.07, 6.45) is 8.45. The zero-order chi connectivity index (χ0) is 22.6. The molecule has 1 unspecified atom stereocenters. The van der Waals surface area contributed by atoms with Crippen LogP contribution in [-0.4, -0.2) is 42.4 Å². The second-order valence-electron chi connectivity index (χ2n) is 8.65. The third-order valence-electron chi connectivity index (χ3n) is 6.25. The predicted molar refractivity (Wildman–Crippen MR) is 130 cm³/mol. The first-order chi connectivity index (χ1) is 15.7. The molecule has 1 heterocycles. The SMILES string of the molecule is NCCCCCCCNC(=O)C1CCCCN1C(=O)Cc1ccccc1-c1ccccc1. The zero-order valence-electron chi connectivity index (χ0n) is 19.1. The van der Waals surface area contributed by atoms with Crippen LogP contribution in [0, 0.1) is 0 Å². The third-order valence-corrected chi connectivity index (χ3v) is 6.25. The molecular weight excluding hydrogens is 398 g/mol. The molecule has 32 heavy (non-hydrogen) atoms. The first-order valence-electron chi connectivity index (χ1n) is 12.1. The second kappa shape index (κ2) is 13.0. The maximum Gasteiger partial charge on any atom is 0.242 e. The number of nitrogens with one attached hydrogen (secondary N) is 1. The molecular formula is C27H37N3O2. The van der Waals surface area contributed by atoms with E-state index in [-0.39, 0.29) is 17.9 Å². The van der Waals surface area contributed by atoms with Crippen LogP contribution in [0.4, 0.5) is 0 Å². The number of amides is 2. The lowest BCUT2D eigenvalue weighted by atomic mass is 9.95. The van der Waals surface area contributed by atoms with Crippen LogP contribution >= 0.6 is 0 Å². The van der Waals surface area contributed by atoms with Gasteiger partial charge in [0.15, 0.2) is 0 Å². The lowest BCUT2D eigenvalue weighted by Crippen LogP contribution is -2.52. The molecule has 5 heteroatoms. The summed E-state index contributed by atoms with van der Waals surface area (Å²) in [7, 11) is 0. The van der Waals surface area contributed by atoms with Gasteiger partial charge in [-0.3, -0.25) is 9.59 Å². The van der Waals surface area contributed by atoms with Gasteiger partial charge < -0.3 is 16.0 Å². The minimum Gasteiger partial charge on any atom is -0.354 e. The van der Waals surface area contributed by atoms with Gasteiger partial charge >= 0.3 is 0 Å². The molecule has 0 aromatic heterocycles. The van der Waals surface area contributed by atoms with Crippen molar-refractivity contribution < 1.29 is 9.59 Å². The molecule has 0 spiro atoms. The van der Waals surface area contributed by atoms with Crippen LogP contribution in [0.5, 0.6) is 0 Å². The van der Waals surface area contributed by atoms with E-state index in [4.69, 9.17) is 5.73 Å². The van der Waals surface area contributed by atoms with Gasteiger partial charge in [0.1, 0.15) is 6.04 Å². The summed E-state index contributed by atoms with van der Waals surface area (Å²) in [4.78, 5) is 28.0. The van der Waals surface area contributed by atoms with Crippen molar-refractivity contribution in [3.8, 4) is 11.1 Å². The molecule has 2 aromatic carbocycles. The number of likely N-dealkylation sites (tertiary alicyclic amines) is 1. The molecule has 2 amide bonds. The smallest absolute Gasteiger partial charge is 0.242 e. The molecule has 2 aromatic rings. The van der Waals surface area contributed by atoms with Crippen LogP contribution < -0.4 is 11.1 Å². The number of nitrogens with two attached hydrogens (primary N) is 1. The van der Waals surface area contributed by atoms with Crippen molar-refractivity contribution in [2.24, 2.45) is 5.73 Å². The molecule has 1 aliphatic rings. The van der Waals surface area contributed by atoms with Crippen molar-refractivity contribution in [1.82, 2.24) is 10.2 Å². The Kier molecular flexibility index (Phi) is 9.76. The highest BCUT2D eigenvalue weighted by molar-refractivity contribution is 5.89. The Balaban J connectivity index is 1.58. The van der Waals surface area contributed by atoms with E-state index in [9.17, 15) is 9.59 Å². The Bertz CT molecular complexity index is 853. The Morgan fingerprint density at radius 2 is 1.62 bits per heavy atom.